The monoisotopic (exact) mass is 275 g/mol. The molecule has 1 aromatic carbocycles. The summed E-state index contributed by atoms with van der Waals surface area (Å²) >= 11 is 0. The molecule has 108 valence electrons. The predicted octanol–water partition coefficient (Wildman–Crippen LogP) is 2.78. The van der Waals surface area contributed by atoms with Crippen LogP contribution in [0.3, 0.4) is 0 Å². The van der Waals surface area contributed by atoms with E-state index in [0.717, 1.165) is 11.1 Å². The number of aryl methyl sites for hydroxylation is 2. The first kappa shape index (κ1) is 14.7. The molecule has 0 amide bonds. The van der Waals surface area contributed by atoms with Crippen LogP contribution < -0.4 is 5.73 Å². The fraction of sp³-hybridized carbons (Fsp3) is 0.467. The van der Waals surface area contributed by atoms with Gasteiger partial charge >= 0.3 is 0 Å². The van der Waals surface area contributed by atoms with Gasteiger partial charge in [0.15, 0.2) is 5.82 Å². The summed E-state index contributed by atoms with van der Waals surface area (Å²) in [5, 5.41) is 3.94. The van der Waals surface area contributed by atoms with Crippen LogP contribution in [-0.4, -0.2) is 22.9 Å². The minimum atomic E-state index is -0.374. The predicted molar refractivity (Wildman–Crippen MR) is 77.2 cm³/mol. The number of hydrogen-bond acceptors (Lipinski definition) is 5. The molecule has 0 saturated carbocycles. The summed E-state index contributed by atoms with van der Waals surface area (Å²) in [6, 6.07) is 5.72. The number of hydrogen-bond donors (Lipinski definition) is 1. The molecule has 1 atom stereocenters. The van der Waals surface area contributed by atoms with Crippen LogP contribution in [0.25, 0.3) is 11.5 Å². The summed E-state index contributed by atoms with van der Waals surface area (Å²) in [5.41, 5.74) is 9.23. The third kappa shape index (κ3) is 3.43. The van der Waals surface area contributed by atoms with Crippen LogP contribution in [0.15, 0.2) is 22.7 Å². The van der Waals surface area contributed by atoms with E-state index in [1.165, 1.54) is 5.56 Å². The van der Waals surface area contributed by atoms with Crippen LogP contribution in [0, 0.1) is 13.8 Å². The molecule has 20 heavy (non-hydrogen) atoms. The first-order valence-electron chi connectivity index (χ1n) is 6.75. The largest absolute Gasteiger partial charge is 0.377 e. The van der Waals surface area contributed by atoms with Crippen molar-refractivity contribution in [3.05, 3.63) is 35.2 Å². The Bertz CT molecular complexity index is 578. The molecule has 1 heterocycles. The molecule has 0 aliphatic heterocycles. The standard InChI is InChI=1S/C15H21N3O2/c1-9(2)19-8-13(16)14-17-15(20-18-14)12-6-5-10(3)7-11(12)4/h5-7,9,13H,8,16H2,1-4H3. The van der Waals surface area contributed by atoms with Gasteiger partial charge in [-0.05, 0) is 39.3 Å². The fourth-order valence-corrected chi connectivity index (χ4v) is 1.92. The number of rotatable bonds is 5. The summed E-state index contributed by atoms with van der Waals surface area (Å²) in [6.45, 7) is 8.38. The zero-order chi connectivity index (χ0) is 14.7. The van der Waals surface area contributed by atoms with Crippen molar-refractivity contribution >= 4 is 0 Å². The van der Waals surface area contributed by atoms with Gasteiger partial charge in [-0.15, -0.1) is 0 Å². The molecule has 0 spiro atoms. The Morgan fingerprint density at radius 1 is 1.30 bits per heavy atom. The van der Waals surface area contributed by atoms with E-state index >= 15 is 0 Å². The second-order valence-corrected chi connectivity index (χ2v) is 5.26. The van der Waals surface area contributed by atoms with Crippen LogP contribution in [0.1, 0.15) is 36.8 Å². The topological polar surface area (TPSA) is 74.2 Å². The SMILES string of the molecule is Cc1ccc(-c2nc(C(N)COC(C)C)no2)c(C)c1. The summed E-state index contributed by atoms with van der Waals surface area (Å²) in [5.74, 6) is 0.970. The first-order chi connectivity index (χ1) is 9.47. The van der Waals surface area contributed by atoms with Crippen molar-refractivity contribution in [3.63, 3.8) is 0 Å². The molecule has 0 bridgehead atoms. The van der Waals surface area contributed by atoms with Crippen molar-refractivity contribution in [2.24, 2.45) is 5.73 Å². The summed E-state index contributed by atoms with van der Waals surface area (Å²) in [4.78, 5) is 4.37. The number of nitrogens with two attached hydrogens (primary N) is 1. The third-order valence-electron chi connectivity index (χ3n) is 2.99. The Morgan fingerprint density at radius 3 is 2.70 bits per heavy atom. The van der Waals surface area contributed by atoms with Crippen LogP contribution in [0.4, 0.5) is 0 Å². The van der Waals surface area contributed by atoms with E-state index < -0.39 is 0 Å². The highest BCUT2D eigenvalue weighted by Crippen LogP contribution is 2.23. The minimum absolute atomic E-state index is 0.131. The second-order valence-electron chi connectivity index (χ2n) is 5.26. The van der Waals surface area contributed by atoms with Gasteiger partial charge in [-0.2, -0.15) is 4.98 Å². The van der Waals surface area contributed by atoms with Gasteiger partial charge in [-0.3, -0.25) is 0 Å². The van der Waals surface area contributed by atoms with Gasteiger partial charge in [0.25, 0.3) is 5.89 Å². The van der Waals surface area contributed by atoms with Crippen LogP contribution in [0.5, 0.6) is 0 Å². The molecule has 0 fully saturated rings. The van der Waals surface area contributed by atoms with E-state index in [2.05, 4.69) is 23.1 Å². The van der Waals surface area contributed by atoms with Gasteiger partial charge < -0.3 is 15.0 Å². The van der Waals surface area contributed by atoms with Crippen molar-refractivity contribution in [2.75, 3.05) is 6.61 Å². The minimum Gasteiger partial charge on any atom is -0.377 e. The summed E-state index contributed by atoms with van der Waals surface area (Å²) in [7, 11) is 0. The van der Waals surface area contributed by atoms with Crippen molar-refractivity contribution in [3.8, 4) is 11.5 Å². The summed E-state index contributed by atoms with van der Waals surface area (Å²) in [6.07, 6.45) is 0.131. The molecular formula is C15H21N3O2. The van der Waals surface area contributed by atoms with Crippen LogP contribution in [0.2, 0.25) is 0 Å². The zero-order valence-corrected chi connectivity index (χ0v) is 12.4. The number of ether oxygens (including phenoxy) is 1. The third-order valence-corrected chi connectivity index (χ3v) is 2.99. The van der Waals surface area contributed by atoms with E-state index in [4.69, 9.17) is 15.0 Å². The van der Waals surface area contributed by atoms with E-state index in [0.29, 0.717) is 18.3 Å². The maximum atomic E-state index is 5.99. The Morgan fingerprint density at radius 2 is 2.05 bits per heavy atom. The lowest BCUT2D eigenvalue weighted by atomic mass is 10.1. The Balaban J connectivity index is 2.16. The first-order valence-corrected chi connectivity index (χ1v) is 6.75. The Labute approximate surface area is 119 Å². The highest BCUT2D eigenvalue weighted by Gasteiger charge is 2.17. The maximum Gasteiger partial charge on any atom is 0.258 e. The van der Waals surface area contributed by atoms with Gasteiger partial charge in [-0.1, -0.05) is 22.9 Å². The van der Waals surface area contributed by atoms with Crippen LogP contribution in [-0.2, 0) is 4.74 Å². The zero-order valence-electron chi connectivity index (χ0n) is 12.4. The smallest absolute Gasteiger partial charge is 0.258 e. The average molecular weight is 275 g/mol. The molecule has 2 aromatic rings. The molecule has 0 aliphatic rings. The van der Waals surface area contributed by atoms with Gasteiger partial charge in [0, 0.05) is 5.56 Å². The lowest BCUT2D eigenvalue weighted by Gasteiger charge is -2.10. The van der Waals surface area contributed by atoms with E-state index in [1.54, 1.807) is 0 Å². The average Bonchev–Trinajstić information content (AvgIpc) is 2.85. The molecule has 0 saturated heterocycles. The highest BCUT2D eigenvalue weighted by atomic mass is 16.5. The van der Waals surface area contributed by atoms with Gasteiger partial charge in [0.1, 0.15) is 0 Å². The molecular weight excluding hydrogens is 254 g/mol. The van der Waals surface area contributed by atoms with Crippen molar-refractivity contribution in [1.82, 2.24) is 10.1 Å². The van der Waals surface area contributed by atoms with E-state index in [-0.39, 0.29) is 12.1 Å². The number of nitrogens with zero attached hydrogens (tertiary/aromatic N) is 2. The van der Waals surface area contributed by atoms with E-state index in [9.17, 15) is 0 Å². The van der Waals surface area contributed by atoms with E-state index in [1.807, 2.05) is 32.9 Å². The molecule has 0 radical (unpaired) electrons. The quantitative estimate of drug-likeness (QED) is 0.908. The molecule has 1 unspecified atom stereocenters. The molecule has 5 nitrogen and oxygen atoms in total. The highest BCUT2D eigenvalue weighted by molar-refractivity contribution is 5.58. The van der Waals surface area contributed by atoms with Gasteiger partial charge in [0.2, 0.25) is 0 Å². The van der Waals surface area contributed by atoms with Crippen molar-refractivity contribution < 1.29 is 9.26 Å². The summed E-state index contributed by atoms with van der Waals surface area (Å²) < 4.78 is 10.8. The molecule has 2 rings (SSSR count). The Hall–Kier alpha value is -1.72. The number of aromatic nitrogens is 2. The molecule has 0 aliphatic carbocycles. The normalized spacial score (nSPS) is 12.9. The van der Waals surface area contributed by atoms with Crippen LogP contribution >= 0.6 is 0 Å². The Kier molecular flexibility index (Phi) is 4.52. The van der Waals surface area contributed by atoms with Gasteiger partial charge in [0.05, 0.1) is 18.8 Å². The van der Waals surface area contributed by atoms with Crippen molar-refractivity contribution in [2.45, 2.75) is 39.8 Å². The van der Waals surface area contributed by atoms with Crippen molar-refractivity contribution in [1.29, 1.82) is 0 Å². The molecule has 5 heteroatoms. The fourth-order valence-electron chi connectivity index (χ4n) is 1.92. The maximum absolute atomic E-state index is 5.99. The lowest BCUT2D eigenvalue weighted by Crippen LogP contribution is -2.20. The molecule has 1 aromatic heterocycles. The lowest BCUT2D eigenvalue weighted by molar-refractivity contribution is 0.0665. The molecule has 2 N–H and O–H groups in total. The van der Waals surface area contributed by atoms with Gasteiger partial charge in [-0.25, -0.2) is 0 Å². The number of benzene rings is 1. The second kappa shape index (κ2) is 6.15.